The van der Waals surface area contributed by atoms with Crippen molar-refractivity contribution in [3.05, 3.63) is 36.3 Å². The van der Waals surface area contributed by atoms with Gasteiger partial charge in [-0.05, 0) is 29.8 Å². The van der Waals surface area contributed by atoms with E-state index in [9.17, 15) is 0 Å². The van der Waals surface area contributed by atoms with Crippen LogP contribution < -0.4 is 5.32 Å². The minimum Gasteiger partial charge on any atom is -0.373 e. The highest BCUT2D eigenvalue weighted by Gasteiger charge is 2.15. The maximum atomic E-state index is 4.38. The molecule has 0 amide bonds. The van der Waals surface area contributed by atoms with Crippen molar-refractivity contribution in [3.63, 3.8) is 0 Å². The van der Waals surface area contributed by atoms with E-state index in [2.05, 4.69) is 34.1 Å². The summed E-state index contributed by atoms with van der Waals surface area (Å²) in [5.41, 5.74) is 1.13. The van der Waals surface area contributed by atoms with Gasteiger partial charge in [-0.2, -0.15) is 0 Å². The van der Waals surface area contributed by atoms with Crippen molar-refractivity contribution >= 4 is 17.6 Å². The lowest BCUT2D eigenvalue weighted by molar-refractivity contribution is 0.805. The fourth-order valence-corrected chi connectivity index (χ4v) is 2.69. The minimum atomic E-state index is 0.361. The highest BCUT2D eigenvalue weighted by molar-refractivity contribution is 7.99. The molecular formula is C13H16N4S. The number of anilines is 1. The smallest absolute Gasteiger partial charge is 0.133 e. The molecule has 2 aromatic heterocycles. The molecule has 0 aromatic carbocycles. The molecule has 2 rings (SSSR count). The number of rotatable bonds is 4. The molecule has 0 unspecified atom stereocenters. The van der Waals surface area contributed by atoms with E-state index in [0.29, 0.717) is 5.92 Å². The van der Waals surface area contributed by atoms with E-state index in [0.717, 1.165) is 21.4 Å². The molecule has 0 bridgehead atoms. The summed E-state index contributed by atoms with van der Waals surface area (Å²) in [6.45, 7) is 4.28. The van der Waals surface area contributed by atoms with Gasteiger partial charge in [0.05, 0.1) is 0 Å². The van der Waals surface area contributed by atoms with E-state index >= 15 is 0 Å². The first kappa shape index (κ1) is 12.8. The number of hydrogen-bond donors (Lipinski definition) is 1. The minimum absolute atomic E-state index is 0.361. The maximum absolute atomic E-state index is 4.38. The van der Waals surface area contributed by atoms with Crippen LogP contribution >= 0.6 is 11.8 Å². The normalized spacial score (nSPS) is 10.7. The second-order valence-electron chi connectivity index (χ2n) is 4.12. The largest absolute Gasteiger partial charge is 0.373 e. The molecule has 0 saturated carbocycles. The molecular weight excluding hydrogens is 244 g/mol. The zero-order valence-electron chi connectivity index (χ0n) is 10.7. The van der Waals surface area contributed by atoms with E-state index in [-0.39, 0.29) is 0 Å². The Morgan fingerprint density at radius 2 is 2.00 bits per heavy atom. The zero-order valence-corrected chi connectivity index (χ0v) is 11.5. The Kier molecular flexibility index (Phi) is 4.15. The summed E-state index contributed by atoms with van der Waals surface area (Å²) in [6.07, 6.45) is 3.38. The summed E-state index contributed by atoms with van der Waals surface area (Å²) in [5.74, 6) is 1.25. The molecule has 2 heterocycles. The van der Waals surface area contributed by atoms with Crippen molar-refractivity contribution in [2.24, 2.45) is 0 Å². The van der Waals surface area contributed by atoms with Crippen molar-refractivity contribution in [2.75, 3.05) is 12.4 Å². The second-order valence-corrected chi connectivity index (χ2v) is 5.12. The van der Waals surface area contributed by atoms with Crippen molar-refractivity contribution in [1.29, 1.82) is 0 Å². The Bertz CT molecular complexity index is 514. The van der Waals surface area contributed by atoms with Gasteiger partial charge in [-0.1, -0.05) is 19.9 Å². The fourth-order valence-electron chi connectivity index (χ4n) is 1.69. The van der Waals surface area contributed by atoms with Gasteiger partial charge in [0.25, 0.3) is 0 Å². The monoisotopic (exact) mass is 260 g/mol. The van der Waals surface area contributed by atoms with Crippen LogP contribution in [-0.4, -0.2) is 22.0 Å². The van der Waals surface area contributed by atoms with Crippen molar-refractivity contribution in [3.8, 4) is 0 Å². The average Bonchev–Trinajstić information content (AvgIpc) is 2.39. The van der Waals surface area contributed by atoms with Gasteiger partial charge >= 0.3 is 0 Å². The number of hydrogen-bond acceptors (Lipinski definition) is 5. The van der Waals surface area contributed by atoms with Gasteiger partial charge in [-0.3, -0.25) is 0 Å². The Morgan fingerprint density at radius 1 is 1.17 bits per heavy atom. The lowest BCUT2D eigenvalue weighted by Gasteiger charge is -2.14. The van der Waals surface area contributed by atoms with E-state index in [1.54, 1.807) is 24.3 Å². The van der Waals surface area contributed by atoms with Crippen LogP contribution in [0.2, 0.25) is 0 Å². The van der Waals surface area contributed by atoms with Crippen LogP contribution in [0.15, 0.2) is 40.8 Å². The predicted molar refractivity (Wildman–Crippen MR) is 74.0 cm³/mol. The number of nitrogens with one attached hydrogen (secondary N) is 1. The standard InChI is InChI=1S/C13H16N4S/c1-9(2)11-12(14-3)16-8-17-13(11)18-10-6-4-5-7-15-10/h4-9H,1-3H3,(H,14,16,17). The quantitative estimate of drug-likeness (QED) is 0.856. The van der Waals surface area contributed by atoms with Crippen LogP contribution in [-0.2, 0) is 0 Å². The number of pyridine rings is 1. The van der Waals surface area contributed by atoms with E-state index in [1.165, 1.54) is 0 Å². The molecule has 18 heavy (non-hydrogen) atoms. The Morgan fingerprint density at radius 3 is 2.61 bits per heavy atom. The first-order valence-electron chi connectivity index (χ1n) is 5.84. The molecule has 0 spiro atoms. The Hall–Kier alpha value is -1.62. The molecule has 0 aliphatic heterocycles. The third kappa shape index (κ3) is 2.79. The third-order valence-electron chi connectivity index (χ3n) is 2.50. The van der Waals surface area contributed by atoms with Crippen LogP contribution in [0.25, 0.3) is 0 Å². The van der Waals surface area contributed by atoms with Gasteiger partial charge in [0.2, 0.25) is 0 Å². The molecule has 1 N–H and O–H groups in total. The summed E-state index contributed by atoms with van der Waals surface area (Å²) in [7, 11) is 1.88. The second kappa shape index (κ2) is 5.82. The van der Waals surface area contributed by atoms with Gasteiger partial charge in [-0.25, -0.2) is 15.0 Å². The van der Waals surface area contributed by atoms with Crippen LogP contribution in [0.3, 0.4) is 0 Å². The van der Waals surface area contributed by atoms with E-state index < -0.39 is 0 Å². The van der Waals surface area contributed by atoms with Crippen LogP contribution in [0, 0.1) is 0 Å². The first-order valence-corrected chi connectivity index (χ1v) is 6.65. The van der Waals surface area contributed by atoms with Crippen molar-refractivity contribution in [2.45, 2.75) is 29.8 Å². The topological polar surface area (TPSA) is 50.7 Å². The number of nitrogens with zero attached hydrogens (tertiary/aromatic N) is 3. The van der Waals surface area contributed by atoms with Crippen molar-refractivity contribution in [1.82, 2.24) is 15.0 Å². The predicted octanol–water partition coefficient (Wildman–Crippen LogP) is 3.19. The Labute approximate surface area is 111 Å². The molecule has 0 aliphatic rings. The molecule has 94 valence electrons. The molecule has 0 radical (unpaired) electrons. The van der Waals surface area contributed by atoms with Crippen LogP contribution in [0.4, 0.5) is 5.82 Å². The third-order valence-corrected chi connectivity index (χ3v) is 3.47. The molecule has 0 atom stereocenters. The highest BCUT2D eigenvalue weighted by Crippen LogP contribution is 2.34. The Balaban J connectivity index is 2.38. The van der Waals surface area contributed by atoms with E-state index in [4.69, 9.17) is 0 Å². The molecule has 0 saturated heterocycles. The highest BCUT2D eigenvalue weighted by atomic mass is 32.2. The van der Waals surface area contributed by atoms with Gasteiger partial charge < -0.3 is 5.32 Å². The molecule has 4 nitrogen and oxygen atoms in total. The molecule has 0 fully saturated rings. The van der Waals surface area contributed by atoms with Gasteiger partial charge in [0.15, 0.2) is 0 Å². The van der Waals surface area contributed by atoms with Crippen LogP contribution in [0.5, 0.6) is 0 Å². The summed E-state index contributed by atoms with van der Waals surface area (Å²) >= 11 is 1.57. The molecule has 5 heteroatoms. The average molecular weight is 260 g/mol. The van der Waals surface area contributed by atoms with E-state index in [1.807, 2.05) is 25.2 Å². The summed E-state index contributed by atoms with van der Waals surface area (Å²) in [4.78, 5) is 13.0. The number of aromatic nitrogens is 3. The van der Waals surface area contributed by atoms with Crippen molar-refractivity contribution < 1.29 is 0 Å². The first-order chi connectivity index (χ1) is 8.72. The van der Waals surface area contributed by atoms with Gasteiger partial charge in [-0.15, -0.1) is 0 Å². The lowest BCUT2D eigenvalue weighted by Crippen LogP contribution is -2.04. The summed E-state index contributed by atoms with van der Waals surface area (Å²) < 4.78 is 0. The SMILES string of the molecule is CNc1ncnc(Sc2ccccn2)c1C(C)C. The van der Waals surface area contributed by atoms with Gasteiger partial charge in [0, 0.05) is 18.8 Å². The lowest BCUT2D eigenvalue weighted by atomic mass is 10.1. The summed E-state index contributed by atoms with van der Waals surface area (Å²) in [6, 6.07) is 5.87. The fraction of sp³-hybridized carbons (Fsp3) is 0.308. The maximum Gasteiger partial charge on any atom is 0.133 e. The molecule has 0 aliphatic carbocycles. The van der Waals surface area contributed by atoms with Crippen LogP contribution in [0.1, 0.15) is 25.3 Å². The molecule has 2 aromatic rings. The van der Waals surface area contributed by atoms with Gasteiger partial charge in [0.1, 0.15) is 22.2 Å². The summed E-state index contributed by atoms with van der Waals surface area (Å²) in [5, 5.41) is 5.02. The zero-order chi connectivity index (χ0) is 13.0.